The molecule has 6 rings (SSSR count). The minimum absolute atomic E-state index is 0.0359. The summed E-state index contributed by atoms with van der Waals surface area (Å²) >= 11 is 1.60. The predicted octanol–water partition coefficient (Wildman–Crippen LogP) is 4.07. The summed E-state index contributed by atoms with van der Waals surface area (Å²) < 4.78 is 2.49. The standard InChI is InChI=1S/C33H34N6O2S/c1-5-20-8-22-9-21(14-34)10-28(31(22)38(17-20)25-12-24(19-40)36-16-25)27-6-7-35-29-13-26(42-32(27)29)18-39-30(41)11-23(15-37-39)33(2,3)4/h1,6-7,9-11,13,15,20,24-25,36,40H,8,12,16-19H2,2-4H3/t20-,24-,25-/m1/s1. The second-order valence-electron chi connectivity index (χ2n) is 12.3. The van der Waals surface area contributed by atoms with Gasteiger partial charge in [-0.2, -0.15) is 10.4 Å². The van der Waals surface area contributed by atoms with Crippen molar-refractivity contribution in [3.05, 3.63) is 74.6 Å². The van der Waals surface area contributed by atoms with Crippen LogP contribution in [0.25, 0.3) is 21.3 Å². The average Bonchev–Trinajstić information content (AvgIpc) is 3.63. The molecule has 0 spiro atoms. The lowest BCUT2D eigenvalue weighted by atomic mass is 9.86. The van der Waals surface area contributed by atoms with Crippen LogP contribution < -0.4 is 15.8 Å². The molecular formula is C33H34N6O2S. The van der Waals surface area contributed by atoms with E-state index in [0.717, 1.165) is 62.5 Å². The van der Waals surface area contributed by atoms with Crippen LogP contribution >= 0.6 is 11.3 Å². The second-order valence-corrected chi connectivity index (χ2v) is 13.5. The molecule has 9 heteroatoms. The van der Waals surface area contributed by atoms with Gasteiger partial charge >= 0.3 is 0 Å². The molecule has 5 heterocycles. The minimum Gasteiger partial charge on any atom is -0.395 e. The van der Waals surface area contributed by atoms with E-state index in [1.165, 1.54) is 4.68 Å². The molecule has 8 nitrogen and oxygen atoms in total. The lowest BCUT2D eigenvalue weighted by molar-refractivity contribution is 0.254. The molecule has 4 aromatic rings. The zero-order valence-electron chi connectivity index (χ0n) is 24.1. The highest BCUT2D eigenvalue weighted by Crippen LogP contribution is 2.44. The molecule has 1 fully saturated rings. The summed E-state index contributed by atoms with van der Waals surface area (Å²) in [6, 6.07) is 12.2. The largest absolute Gasteiger partial charge is 0.395 e. The Bertz CT molecular complexity index is 1800. The van der Waals surface area contributed by atoms with Crippen molar-refractivity contribution >= 4 is 27.2 Å². The molecule has 0 amide bonds. The molecule has 1 aromatic carbocycles. The van der Waals surface area contributed by atoms with Crippen molar-refractivity contribution in [3.63, 3.8) is 0 Å². The van der Waals surface area contributed by atoms with Crippen molar-refractivity contribution in [2.45, 2.75) is 57.7 Å². The predicted molar refractivity (Wildman–Crippen MR) is 167 cm³/mol. The van der Waals surface area contributed by atoms with E-state index in [2.05, 4.69) is 53.1 Å². The first-order valence-electron chi connectivity index (χ1n) is 14.3. The van der Waals surface area contributed by atoms with E-state index in [-0.39, 0.29) is 35.6 Å². The Labute approximate surface area is 249 Å². The number of anilines is 1. The number of thiophene rings is 1. The van der Waals surface area contributed by atoms with Gasteiger partial charge < -0.3 is 15.3 Å². The molecule has 214 valence electrons. The van der Waals surface area contributed by atoms with Crippen LogP contribution in [-0.4, -0.2) is 51.7 Å². The number of aromatic nitrogens is 3. The van der Waals surface area contributed by atoms with Crippen LogP contribution in [0, 0.1) is 29.6 Å². The van der Waals surface area contributed by atoms with Gasteiger partial charge in [0.25, 0.3) is 5.56 Å². The second kappa shape index (κ2) is 11.0. The first kappa shape index (κ1) is 28.1. The Morgan fingerprint density at radius 3 is 2.76 bits per heavy atom. The van der Waals surface area contributed by atoms with Gasteiger partial charge in [0.05, 0.1) is 41.2 Å². The summed E-state index contributed by atoms with van der Waals surface area (Å²) in [4.78, 5) is 20.9. The fourth-order valence-corrected chi connectivity index (χ4v) is 7.25. The third kappa shape index (κ3) is 5.20. The fourth-order valence-electron chi connectivity index (χ4n) is 6.12. The van der Waals surface area contributed by atoms with Crippen molar-refractivity contribution in [1.29, 1.82) is 5.26 Å². The molecule has 1 saturated heterocycles. The number of rotatable bonds is 5. The highest BCUT2D eigenvalue weighted by Gasteiger charge is 2.35. The molecule has 0 saturated carbocycles. The van der Waals surface area contributed by atoms with E-state index in [4.69, 9.17) is 6.42 Å². The van der Waals surface area contributed by atoms with Gasteiger partial charge in [-0.05, 0) is 53.6 Å². The maximum absolute atomic E-state index is 12.9. The number of pyridine rings is 1. The number of nitriles is 1. The van der Waals surface area contributed by atoms with Gasteiger partial charge in [-0.15, -0.1) is 23.7 Å². The monoisotopic (exact) mass is 578 g/mol. The van der Waals surface area contributed by atoms with Crippen molar-refractivity contribution in [3.8, 4) is 29.5 Å². The van der Waals surface area contributed by atoms with Crippen LogP contribution in [0.2, 0.25) is 0 Å². The average molecular weight is 579 g/mol. The minimum atomic E-state index is -0.152. The van der Waals surface area contributed by atoms with Crippen molar-refractivity contribution < 1.29 is 5.11 Å². The lowest BCUT2D eigenvalue weighted by Crippen LogP contribution is -2.44. The number of terminal acetylenes is 1. The summed E-state index contributed by atoms with van der Waals surface area (Å²) in [6.45, 7) is 8.11. The van der Waals surface area contributed by atoms with Crippen LogP contribution in [0.3, 0.4) is 0 Å². The normalized spacial score (nSPS) is 20.3. The number of benzene rings is 1. The van der Waals surface area contributed by atoms with E-state index < -0.39 is 0 Å². The van der Waals surface area contributed by atoms with Crippen molar-refractivity contribution in [2.75, 3.05) is 24.6 Å². The molecule has 2 aliphatic rings. The number of aliphatic hydroxyl groups is 1. The Hall–Kier alpha value is -4.02. The zero-order chi connectivity index (χ0) is 29.6. The molecule has 3 atom stereocenters. The number of fused-ring (bicyclic) bond motifs is 2. The Morgan fingerprint density at radius 1 is 1.24 bits per heavy atom. The van der Waals surface area contributed by atoms with Crippen LogP contribution in [0.15, 0.2) is 47.5 Å². The quantitative estimate of drug-likeness (QED) is 0.344. The van der Waals surface area contributed by atoms with Crippen LogP contribution in [0.5, 0.6) is 0 Å². The molecule has 0 unspecified atom stereocenters. The Balaban J connectivity index is 1.45. The van der Waals surface area contributed by atoms with E-state index in [1.807, 2.05) is 24.3 Å². The van der Waals surface area contributed by atoms with Gasteiger partial charge in [-0.1, -0.05) is 20.8 Å². The number of hydrogen-bond acceptors (Lipinski definition) is 8. The molecule has 42 heavy (non-hydrogen) atoms. The van der Waals surface area contributed by atoms with Crippen molar-refractivity contribution in [2.24, 2.45) is 5.92 Å². The van der Waals surface area contributed by atoms with E-state index >= 15 is 0 Å². The van der Waals surface area contributed by atoms with Crippen LogP contribution in [0.1, 0.15) is 48.8 Å². The number of aliphatic hydroxyl groups excluding tert-OH is 1. The van der Waals surface area contributed by atoms with Gasteiger partial charge in [0, 0.05) is 65.0 Å². The summed E-state index contributed by atoms with van der Waals surface area (Å²) in [6.07, 6.45) is 11.0. The summed E-state index contributed by atoms with van der Waals surface area (Å²) in [5, 5.41) is 27.6. The van der Waals surface area contributed by atoms with Gasteiger partial charge in [0.2, 0.25) is 0 Å². The Kier molecular flexibility index (Phi) is 7.36. The smallest absolute Gasteiger partial charge is 0.267 e. The maximum Gasteiger partial charge on any atom is 0.267 e. The van der Waals surface area contributed by atoms with Crippen LogP contribution in [-0.2, 0) is 18.4 Å². The maximum atomic E-state index is 12.9. The van der Waals surface area contributed by atoms with E-state index in [1.54, 1.807) is 29.8 Å². The SMILES string of the molecule is C#C[C@@H]1Cc2cc(C#N)cc(-c3ccnc4cc(Cn5ncc(C(C)(C)C)cc5=O)sc34)c2N([C@H]2CN[C@@H](CO)C2)C1. The Morgan fingerprint density at radius 2 is 2.07 bits per heavy atom. The molecule has 0 aliphatic carbocycles. The zero-order valence-corrected chi connectivity index (χ0v) is 24.9. The molecular weight excluding hydrogens is 544 g/mol. The molecule has 0 bridgehead atoms. The highest BCUT2D eigenvalue weighted by molar-refractivity contribution is 7.19. The van der Waals surface area contributed by atoms with E-state index in [0.29, 0.717) is 18.5 Å². The number of nitrogens with zero attached hydrogens (tertiary/aromatic N) is 5. The summed E-state index contributed by atoms with van der Waals surface area (Å²) in [5.41, 5.74) is 6.22. The van der Waals surface area contributed by atoms with E-state index in [9.17, 15) is 15.2 Å². The van der Waals surface area contributed by atoms with Crippen LogP contribution in [0.4, 0.5) is 5.69 Å². The van der Waals surface area contributed by atoms with Gasteiger partial charge in [0.15, 0.2) is 0 Å². The summed E-state index contributed by atoms with van der Waals surface area (Å²) in [7, 11) is 0. The first-order valence-corrected chi connectivity index (χ1v) is 15.1. The molecule has 0 radical (unpaired) electrons. The van der Waals surface area contributed by atoms with Gasteiger partial charge in [0.1, 0.15) is 0 Å². The number of nitrogens with one attached hydrogen (secondary N) is 1. The lowest BCUT2D eigenvalue weighted by Gasteiger charge is -2.40. The fraction of sp³-hybridized carbons (Fsp3) is 0.394. The highest BCUT2D eigenvalue weighted by atomic mass is 32.1. The molecule has 2 N–H and O–H groups in total. The van der Waals surface area contributed by atoms with Gasteiger partial charge in [-0.25, -0.2) is 4.68 Å². The van der Waals surface area contributed by atoms with Crippen molar-refractivity contribution in [1.82, 2.24) is 20.1 Å². The number of hydrogen-bond donors (Lipinski definition) is 2. The third-order valence-electron chi connectivity index (χ3n) is 8.38. The first-order chi connectivity index (χ1) is 20.2. The topological polar surface area (TPSA) is 107 Å². The molecule has 2 aliphatic heterocycles. The summed E-state index contributed by atoms with van der Waals surface area (Å²) in [5.74, 6) is 2.99. The third-order valence-corrected chi connectivity index (χ3v) is 9.52. The van der Waals surface area contributed by atoms with Gasteiger partial charge in [-0.3, -0.25) is 9.78 Å². The molecule has 3 aromatic heterocycles.